The Morgan fingerprint density at radius 1 is 0.794 bits per heavy atom. The molecular weight excluding hydrogens is 428 g/mol. The van der Waals surface area contributed by atoms with Gasteiger partial charge in [0.05, 0.1) is 31.6 Å². The molecule has 6 rings (SSSR count). The van der Waals surface area contributed by atoms with Gasteiger partial charge in [-0.25, -0.2) is 9.97 Å². The number of hydrogen-bond acceptors (Lipinski definition) is 7. The van der Waals surface area contributed by atoms with Gasteiger partial charge in [-0.2, -0.15) is 0 Å². The number of benzene rings is 2. The molecule has 0 aliphatic carbocycles. The molecule has 7 nitrogen and oxygen atoms in total. The maximum absolute atomic E-state index is 6.12. The lowest BCUT2D eigenvalue weighted by Crippen LogP contribution is -2.41. The molecule has 4 aromatic rings. The van der Waals surface area contributed by atoms with E-state index in [0.29, 0.717) is 24.9 Å². The Bertz CT molecular complexity index is 1210. The van der Waals surface area contributed by atoms with Crippen LogP contribution in [-0.4, -0.2) is 47.5 Å². The molecule has 34 heavy (non-hydrogen) atoms. The number of furan rings is 1. The van der Waals surface area contributed by atoms with Gasteiger partial charge in [-0.05, 0) is 34.9 Å². The second kappa shape index (κ2) is 9.38. The smallest absolute Gasteiger partial charge is 0.223 e. The van der Waals surface area contributed by atoms with Crippen LogP contribution in [0.5, 0.6) is 0 Å². The van der Waals surface area contributed by atoms with Crippen LogP contribution in [0.1, 0.15) is 5.56 Å². The molecule has 0 amide bonds. The first-order chi connectivity index (χ1) is 16.8. The standard InChI is InChI=1S/C27H26N4O3/c1-2-5-19(6-3-1)20-10-8-18(9-11-20)15-29-22-16-33-26-23(17-34-25(22)26)31-27-28-13-12-21(30-27)24-7-4-14-32-24/h1-14,22-23,25-26,29H,15-17H2,(H,28,30,31)/t22-,23-,25+,26+/m0/s1. The van der Waals surface area contributed by atoms with Crippen LogP contribution in [0.4, 0.5) is 5.95 Å². The first-order valence-electron chi connectivity index (χ1n) is 11.6. The zero-order valence-corrected chi connectivity index (χ0v) is 18.6. The fourth-order valence-electron chi connectivity index (χ4n) is 4.65. The number of ether oxygens (including phenoxy) is 2. The summed E-state index contributed by atoms with van der Waals surface area (Å²) in [6.45, 7) is 1.93. The van der Waals surface area contributed by atoms with E-state index in [-0.39, 0.29) is 24.3 Å². The normalized spacial score (nSPS) is 23.6. The van der Waals surface area contributed by atoms with E-state index in [1.165, 1.54) is 16.7 Å². The number of nitrogens with zero attached hydrogens (tertiary/aromatic N) is 2. The van der Waals surface area contributed by atoms with E-state index in [1.54, 1.807) is 12.5 Å². The van der Waals surface area contributed by atoms with E-state index in [0.717, 1.165) is 12.2 Å². The summed E-state index contributed by atoms with van der Waals surface area (Å²) in [5.74, 6) is 1.26. The third-order valence-electron chi connectivity index (χ3n) is 6.43. The molecule has 2 fully saturated rings. The highest BCUT2D eigenvalue weighted by molar-refractivity contribution is 5.63. The summed E-state index contributed by atoms with van der Waals surface area (Å²) in [4.78, 5) is 8.93. The van der Waals surface area contributed by atoms with Crippen molar-refractivity contribution in [3.63, 3.8) is 0 Å². The van der Waals surface area contributed by atoms with E-state index in [2.05, 4.69) is 69.1 Å². The van der Waals surface area contributed by atoms with Gasteiger partial charge in [-0.1, -0.05) is 54.6 Å². The van der Waals surface area contributed by atoms with Gasteiger partial charge in [0, 0.05) is 12.7 Å². The molecule has 2 aromatic carbocycles. The van der Waals surface area contributed by atoms with Crippen LogP contribution >= 0.6 is 0 Å². The minimum absolute atomic E-state index is 0.00523. The summed E-state index contributed by atoms with van der Waals surface area (Å²) >= 11 is 0. The van der Waals surface area contributed by atoms with Gasteiger partial charge >= 0.3 is 0 Å². The first kappa shape index (κ1) is 21.0. The number of fused-ring (bicyclic) bond motifs is 1. The lowest BCUT2D eigenvalue weighted by molar-refractivity contribution is 0.0675. The van der Waals surface area contributed by atoms with Crippen molar-refractivity contribution in [1.82, 2.24) is 15.3 Å². The average Bonchev–Trinajstić information content (AvgIpc) is 3.64. The van der Waals surface area contributed by atoms with Gasteiger partial charge in [-0.3, -0.25) is 0 Å². The number of anilines is 1. The summed E-state index contributed by atoms with van der Waals surface area (Å²) in [6, 6.07) is 24.8. The van der Waals surface area contributed by atoms with Crippen molar-refractivity contribution in [1.29, 1.82) is 0 Å². The molecule has 172 valence electrons. The Morgan fingerprint density at radius 2 is 1.56 bits per heavy atom. The van der Waals surface area contributed by atoms with E-state index in [4.69, 9.17) is 13.9 Å². The van der Waals surface area contributed by atoms with Crippen LogP contribution in [0.25, 0.3) is 22.6 Å². The van der Waals surface area contributed by atoms with Crippen LogP contribution in [0.15, 0.2) is 89.7 Å². The summed E-state index contributed by atoms with van der Waals surface area (Å²) < 4.78 is 17.7. The minimum atomic E-state index is -0.0474. The van der Waals surface area contributed by atoms with Gasteiger partial charge < -0.3 is 24.5 Å². The van der Waals surface area contributed by atoms with Gasteiger partial charge in [0.25, 0.3) is 0 Å². The largest absolute Gasteiger partial charge is 0.463 e. The molecule has 0 spiro atoms. The predicted molar refractivity (Wildman–Crippen MR) is 129 cm³/mol. The Labute approximate surface area is 198 Å². The highest BCUT2D eigenvalue weighted by Gasteiger charge is 2.47. The summed E-state index contributed by atoms with van der Waals surface area (Å²) in [5, 5.41) is 7.01. The lowest BCUT2D eigenvalue weighted by Gasteiger charge is -2.18. The number of aromatic nitrogens is 2. The van der Waals surface area contributed by atoms with Crippen molar-refractivity contribution in [3.8, 4) is 22.6 Å². The fourth-order valence-corrected chi connectivity index (χ4v) is 4.65. The van der Waals surface area contributed by atoms with E-state index >= 15 is 0 Å². The summed E-state index contributed by atoms with van der Waals surface area (Å²) in [6.07, 6.45) is 3.31. The average molecular weight is 455 g/mol. The number of hydrogen-bond donors (Lipinski definition) is 2. The number of nitrogens with one attached hydrogen (secondary N) is 2. The molecule has 2 saturated heterocycles. The molecule has 7 heteroatoms. The Balaban J connectivity index is 1.05. The molecule has 2 aliphatic heterocycles. The van der Waals surface area contributed by atoms with E-state index < -0.39 is 0 Å². The van der Waals surface area contributed by atoms with Crippen molar-refractivity contribution in [3.05, 3.63) is 90.8 Å². The quantitative estimate of drug-likeness (QED) is 0.434. The Kier molecular flexibility index (Phi) is 5.81. The zero-order valence-electron chi connectivity index (χ0n) is 18.6. The molecule has 0 saturated carbocycles. The summed E-state index contributed by atoms with van der Waals surface area (Å²) in [5.41, 5.74) is 4.42. The molecular formula is C27H26N4O3. The second-order valence-electron chi connectivity index (χ2n) is 8.64. The van der Waals surface area contributed by atoms with Crippen LogP contribution in [0, 0.1) is 0 Å². The third kappa shape index (κ3) is 4.33. The minimum Gasteiger partial charge on any atom is -0.463 e. The first-order valence-corrected chi connectivity index (χ1v) is 11.6. The highest BCUT2D eigenvalue weighted by atomic mass is 16.6. The Morgan fingerprint density at radius 3 is 2.35 bits per heavy atom. The molecule has 0 unspecified atom stereocenters. The molecule has 2 aromatic heterocycles. The molecule has 4 atom stereocenters. The number of rotatable bonds is 7. The predicted octanol–water partition coefficient (Wildman–Crippen LogP) is 4.14. The van der Waals surface area contributed by atoms with Gasteiger partial charge in [0.1, 0.15) is 17.9 Å². The van der Waals surface area contributed by atoms with Crippen LogP contribution in [0.3, 0.4) is 0 Å². The fraction of sp³-hybridized carbons (Fsp3) is 0.259. The summed E-state index contributed by atoms with van der Waals surface area (Å²) in [7, 11) is 0. The monoisotopic (exact) mass is 454 g/mol. The van der Waals surface area contributed by atoms with Crippen molar-refractivity contribution < 1.29 is 13.9 Å². The van der Waals surface area contributed by atoms with Gasteiger partial charge in [0.2, 0.25) is 5.95 Å². The van der Waals surface area contributed by atoms with Crippen molar-refractivity contribution in [2.24, 2.45) is 0 Å². The van der Waals surface area contributed by atoms with Crippen molar-refractivity contribution >= 4 is 5.95 Å². The van der Waals surface area contributed by atoms with Crippen LogP contribution in [0.2, 0.25) is 0 Å². The van der Waals surface area contributed by atoms with Crippen molar-refractivity contribution in [2.45, 2.75) is 30.8 Å². The lowest BCUT2D eigenvalue weighted by atomic mass is 10.0. The second-order valence-corrected chi connectivity index (χ2v) is 8.64. The molecule has 0 bridgehead atoms. The maximum Gasteiger partial charge on any atom is 0.223 e. The van der Waals surface area contributed by atoms with Crippen molar-refractivity contribution in [2.75, 3.05) is 18.5 Å². The SMILES string of the molecule is c1ccc(-c2ccc(CN[C@H]3CO[C@H]4[C@@H]3OC[C@@H]4Nc3nccc(-c4ccco4)n3)cc2)cc1. The molecule has 4 heterocycles. The maximum atomic E-state index is 6.12. The third-order valence-corrected chi connectivity index (χ3v) is 6.43. The Hall–Kier alpha value is -3.52. The topological polar surface area (TPSA) is 81.4 Å². The van der Waals surface area contributed by atoms with E-state index in [1.807, 2.05) is 24.3 Å². The van der Waals surface area contributed by atoms with Crippen LogP contribution in [-0.2, 0) is 16.0 Å². The van der Waals surface area contributed by atoms with E-state index in [9.17, 15) is 0 Å². The van der Waals surface area contributed by atoms with Gasteiger partial charge in [-0.15, -0.1) is 0 Å². The molecule has 0 radical (unpaired) electrons. The molecule has 2 N–H and O–H groups in total. The van der Waals surface area contributed by atoms with Crippen LogP contribution < -0.4 is 10.6 Å². The molecule has 2 aliphatic rings. The zero-order chi connectivity index (χ0) is 22.7. The highest BCUT2D eigenvalue weighted by Crippen LogP contribution is 2.29. The van der Waals surface area contributed by atoms with Gasteiger partial charge in [0.15, 0.2) is 5.76 Å².